The lowest BCUT2D eigenvalue weighted by Gasteiger charge is -2.03. The van der Waals surface area contributed by atoms with Crippen molar-refractivity contribution in [1.82, 2.24) is 9.55 Å². The van der Waals surface area contributed by atoms with Gasteiger partial charge < -0.3 is 9.55 Å². The van der Waals surface area contributed by atoms with Gasteiger partial charge in [-0.25, -0.2) is 4.39 Å². The number of rotatable bonds is 4. The molecule has 17 heavy (non-hydrogen) atoms. The number of hydrogen-bond donors (Lipinski definition) is 1. The van der Waals surface area contributed by atoms with Crippen LogP contribution in [0.3, 0.4) is 0 Å². The van der Waals surface area contributed by atoms with Crippen LogP contribution in [-0.2, 0) is 17.3 Å². The third kappa shape index (κ3) is 2.63. The van der Waals surface area contributed by atoms with Crippen LogP contribution in [0.5, 0.6) is 0 Å². The number of benzene rings is 1. The van der Waals surface area contributed by atoms with E-state index in [4.69, 9.17) is 12.2 Å². The van der Waals surface area contributed by atoms with E-state index in [0.717, 1.165) is 5.52 Å². The molecule has 1 aromatic carbocycles. The van der Waals surface area contributed by atoms with Crippen molar-refractivity contribution in [3.63, 3.8) is 0 Å². The number of halogens is 1. The standard InChI is InChI=1S/C11H13FN2OS2/c1-2-17(15)6-5-14-10-4-3-8(12)7-9(10)13-11(14)16/h3-4,7H,2,5-6H2,1H3,(H,13,16). The molecule has 0 saturated heterocycles. The molecule has 92 valence electrons. The summed E-state index contributed by atoms with van der Waals surface area (Å²) in [7, 11) is -0.822. The molecule has 2 rings (SSSR count). The molecule has 1 aromatic heterocycles. The molecular formula is C11H13FN2OS2. The summed E-state index contributed by atoms with van der Waals surface area (Å²) in [6.45, 7) is 2.48. The molecule has 0 aliphatic carbocycles. The van der Waals surface area contributed by atoms with Crippen LogP contribution in [0.1, 0.15) is 6.92 Å². The predicted molar refractivity (Wildman–Crippen MR) is 70.6 cm³/mol. The van der Waals surface area contributed by atoms with Gasteiger partial charge >= 0.3 is 0 Å². The summed E-state index contributed by atoms with van der Waals surface area (Å²) in [6.07, 6.45) is 0. The van der Waals surface area contributed by atoms with Crippen molar-refractivity contribution in [2.75, 3.05) is 11.5 Å². The van der Waals surface area contributed by atoms with Crippen LogP contribution < -0.4 is 0 Å². The van der Waals surface area contributed by atoms with Crippen LogP contribution in [0.2, 0.25) is 0 Å². The second-order valence-corrected chi connectivity index (χ2v) is 5.93. The summed E-state index contributed by atoms with van der Waals surface area (Å²) in [5, 5.41) is 0. The Balaban J connectivity index is 2.36. The molecule has 0 amide bonds. The molecule has 0 aliphatic rings. The fourth-order valence-electron chi connectivity index (χ4n) is 1.70. The Morgan fingerprint density at radius 1 is 1.53 bits per heavy atom. The van der Waals surface area contributed by atoms with E-state index in [0.29, 0.717) is 28.3 Å². The van der Waals surface area contributed by atoms with E-state index in [-0.39, 0.29) is 5.82 Å². The van der Waals surface area contributed by atoms with Crippen LogP contribution in [0.15, 0.2) is 18.2 Å². The summed E-state index contributed by atoms with van der Waals surface area (Å²) in [4.78, 5) is 2.95. The average molecular weight is 272 g/mol. The van der Waals surface area contributed by atoms with Crippen molar-refractivity contribution in [2.24, 2.45) is 0 Å². The molecule has 0 radical (unpaired) electrons. The quantitative estimate of drug-likeness (QED) is 0.869. The first-order valence-electron chi connectivity index (χ1n) is 5.35. The van der Waals surface area contributed by atoms with Crippen LogP contribution in [-0.4, -0.2) is 25.3 Å². The first-order valence-corrected chi connectivity index (χ1v) is 7.24. The molecular weight excluding hydrogens is 259 g/mol. The van der Waals surface area contributed by atoms with Gasteiger partial charge in [-0.15, -0.1) is 0 Å². The van der Waals surface area contributed by atoms with Crippen molar-refractivity contribution in [3.8, 4) is 0 Å². The molecule has 1 N–H and O–H groups in total. The monoisotopic (exact) mass is 272 g/mol. The van der Waals surface area contributed by atoms with Crippen LogP contribution >= 0.6 is 12.2 Å². The van der Waals surface area contributed by atoms with Crippen molar-refractivity contribution in [1.29, 1.82) is 0 Å². The van der Waals surface area contributed by atoms with Crippen molar-refractivity contribution in [2.45, 2.75) is 13.5 Å². The maximum Gasteiger partial charge on any atom is 0.178 e. The van der Waals surface area contributed by atoms with Gasteiger partial charge in [-0.05, 0) is 30.4 Å². The SMILES string of the molecule is CCS(=O)CCn1c(=S)[nH]c2cc(F)ccc21. The molecule has 0 bridgehead atoms. The zero-order chi connectivity index (χ0) is 12.4. The van der Waals surface area contributed by atoms with E-state index in [1.54, 1.807) is 6.07 Å². The highest BCUT2D eigenvalue weighted by atomic mass is 32.2. The van der Waals surface area contributed by atoms with Gasteiger partial charge in [-0.2, -0.15) is 0 Å². The molecule has 1 atom stereocenters. The molecule has 3 nitrogen and oxygen atoms in total. The normalized spacial score (nSPS) is 13.1. The second-order valence-electron chi connectivity index (χ2n) is 3.68. The number of aromatic nitrogens is 2. The molecule has 0 aliphatic heterocycles. The summed E-state index contributed by atoms with van der Waals surface area (Å²) in [6, 6.07) is 4.50. The van der Waals surface area contributed by atoms with E-state index in [9.17, 15) is 8.60 Å². The third-order valence-electron chi connectivity index (χ3n) is 2.60. The smallest absolute Gasteiger partial charge is 0.178 e. The molecule has 0 spiro atoms. The lowest BCUT2D eigenvalue weighted by molar-refractivity contribution is 0.629. The maximum absolute atomic E-state index is 13.0. The van der Waals surface area contributed by atoms with Gasteiger partial charge in [0.1, 0.15) is 5.82 Å². The Morgan fingerprint density at radius 2 is 2.29 bits per heavy atom. The van der Waals surface area contributed by atoms with Gasteiger partial charge in [0.15, 0.2) is 4.77 Å². The van der Waals surface area contributed by atoms with Crippen molar-refractivity contribution in [3.05, 3.63) is 28.8 Å². The van der Waals surface area contributed by atoms with Crippen LogP contribution in [0.4, 0.5) is 4.39 Å². The number of aromatic amines is 1. The zero-order valence-electron chi connectivity index (χ0n) is 9.40. The Kier molecular flexibility index (Phi) is 3.73. The molecule has 2 aromatic rings. The van der Waals surface area contributed by atoms with Gasteiger partial charge in [0.25, 0.3) is 0 Å². The molecule has 0 fully saturated rings. The first kappa shape index (κ1) is 12.4. The fraction of sp³-hybridized carbons (Fsp3) is 0.364. The molecule has 1 unspecified atom stereocenters. The van der Waals surface area contributed by atoms with Gasteiger partial charge in [-0.1, -0.05) is 6.92 Å². The third-order valence-corrected chi connectivity index (χ3v) is 4.21. The summed E-state index contributed by atoms with van der Waals surface area (Å²) in [5.74, 6) is 0.914. The Morgan fingerprint density at radius 3 is 3.00 bits per heavy atom. The van der Waals surface area contributed by atoms with Gasteiger partial charge in [0.2, 0.25) is 0 Å². The van der Waals surface area contributed by atoms with E-state index in [1.165, 1.54) is 12.1 Å². The minimum absolute atomic E-state index is 0.293. The second kappa shape index (κ2) is 5.10. The van der Waals surface area contributed by atoms with Crippen molar-refractivity contribution < 1.29 is 8.60 Å². The van der Waals surface area contributed by atoms with Gasteiger partial charge in [0.05, 0.1) is 11.0 Å². The number of aryl methyl sites for hydroxylation is 1. The molecule has 6 heteroatoms. The number of H-pyrrole nitrogens is 1. The number of nitrogens with zero attached hydrogens (tertiary/aromatic N) is 1. The first-order chi connectivity index (χ1) is 8.11. The number of imidazole rings is 1. The Labute approximate surface area is 106 Å². The minimum atomic E-state index is -0.822. The summed E-state index contributed by atoms with van der Waals surface area (Å²) in [5.41, 5.74) is 1.53. The van der Waals surface area contributed by atoms with Crippen molar-refractivity contribution >= 4 is 34.1 Å². The van der Waals surface area contributed by atoms with E-state index in [1.807, 2.05) is 11.5 Å². The zero-order valence-corrected chi connectivity index (χ0v) is 11.0. The highest BCUT2D eigenvalue weighted by molar-refractivity contribution is 7.84. The highest BCUT2D eigenvalue weighted by Gasteiger charge is 2.06. The number of nitrogens with one attached hydrogen (secondary N) is 1. The summed E-state index contributed by atoms with van der Waals surface area (Å²) < 4.78 is 26.8. The fourth-order valence-corrected chi connectivity index (χ4v) is 2.67. The van der Waals surface area contributed by atoms with Crippen LogP contribution in [0, 0.1) is 10.6 Å². The number of hydrogen-bond acceptors (Lipinski definition) is 2. The topological polar surface area (TPSA) is 37.8 Å². The van der Waals surface area contributed by atoms with E-state index in [2.05, 4.69) is 4.98 Å². The van der Waals surface area contributed by atoms with E-state index >= 15 is 0 Å². The lowest BCUT2D eigenvalue weighted by atomic mass is 10.3. The predicted octanol–water partition coefficient (Wildman–Crippen LogP) is 2.61. The molecule has 1 heterocycles. The average Bonchev–Trinajstić information content (AvgIpc) is 2.61. The van der Waals surface area contributed by atoms with E-state index < -0.39 is 10.8 Å². The Bertz CT molecular complexity index is 617. The lowest BCUT2D eigenvalue weighted by Crippen LogP contribution is -2.08. The molecule has 0 saturated carbocycles. The van der Waals surface area contributed by atoms with Crippen LogP contribution in [0.25, 0.3) is 11.0 Å². The Hall–Kier alpha value is -1.01. The minimum Gasteiger partial charge on any atom is -0.330 e. The number of fused-ring (bicyclic) bond motifs is 1. The maximum atomic E-state index is 13.0. The summed E-state index contributed by atoms with van der Waals surface area (Å²) >= 11 is 5.17. The van der Waals surface area contributed by atoms with Gasteiger partial charge in [-0.3, -0.25) is 4.21 Å². The highest BCUT2D eigenvalue weighted by Crippen LogP contribution is 2.15. The largest absolute Gasteiger partial charge is 0.330 e. The van der Waals surface area contributed by atoms with Gasteiger partial charge in [0, 0.05) is 28.9 Å².